The van der Waals surface area contributed by atoms with E-state index in [0.29, 0.717) is 32.1 Å². The number of hydrogen-bond donors (Lipinski definition) is 4. The Morgan fingerprint density at radius 3 is 2.00 bits per heavy atom. The van der Waals surface area contributed by atoms with E-state index in [1.165, 1.54) is 25.7 Å². The Hall–Kier alpha value is -2.59. The molecule has 0 aromatic carbocycles. The van der Waals surface area contributed by atoms with E-state index in [1.54, 1.807) is 30.4 Å². The maximum absolute atomic E-state index is 12.3. The molecule has 10 nitrogen and oxygen atoms in total. The zero-order chi connectivity index (χ0) is 36.6. The predicted octanol–water partition coefficient (Wildman–Crippen LogP) is 8.14. The molecule has 280 valence electrons. The second-order valence-corrected chi connectivity index (χ2v) is 13.6. The first-order chi connectivity index (χ1) is 23.4. The molecule has 0 aromatic rings. The fourth-order valence-electron chi connectivity index (χ4n) is 4.41. The topological polar surface area (TPSA) is 160 Å². The van der Waals surface area contributed by atoms with E-state index in [-0.39, 0.29) is 19.4 Å². The molecule has 0 saturated heterocycles. The smallest absolute Gasteiger partial charge is 0.462 e. The largest absolute Gasteiger partial charge is 0.469 e. The van der Waals surface area contributed by atoms with Gasteiger partial charge in [-0.2, -0.15) is 0 Å². The summed E-state index contributed by atoms with van der Waals surface area (Å²) in [6.07, 6.45) is 31.6. The summed E-state index contributed by atoms with van der Waals surface area (Å²) in [6, 6.07) is 0. The molecular weight excluding hydrogens is 647 g/mol. The van der Waals surface area contributed by atoms with Crippen LogP contribution < -0.4 is 0 Å². The van der Waals surface area contributed by atoms with Gasteiger partial charge in [0.2, 0.25) is 0 Å². The van der Waals surface area contributed by atoms with Crippen molar-refractivity contribution < 1.29 is 48.2 Å². The van der Waals surface area contributed by atoms with Gasteiger partial charge in [0, 0.05) is 12.8 Å². The molecule has 0 amide bonds. The third-order valence-corrected chi connectivity index (χ3v) is 7.58. The lowest BCUT2D eigenvalue weighted by molar-refractivity contribution is -0.161. The molecule has 0 aliphatic rings. The lowest BCUT2D eigenvalue weighted by atomic mass is 10.0. The number of esters is 2. The number of phosphoric acid groups is 1. The van der Waals surface area contributed by atoms with Crippen molar-refractivity contribution in [1.29, 1.82) is 0 Å². The van der Waals surface area contributed by atoms with E-state index >= 15 is 0 Å². The summed E-state index contributed by atoms with van der Waals surface area (Å²) in [5.41, 5.74) is 0. The van der Waals surface area contributed by atoms with E-state index in [2.05, 4.69) is 18.4 Å². The van der Waals surface area contributed by atoms with Gasteiger partial charge in [0.05, 0.1) is 18.8 Å². The molecular formula is C38H63O10P. The molecule has 0 radical (unpaired) electrons. The molecule has 0 fully saturated rings. The highest BCUT2D eigenvalue weighted by Gasteiger charge is 2.22. The van der Waals surface area contributed by atoms with E-state index in [1.807, 2.05) is 49.5 Å². The fourth-order valence-corrected chi connectivity index (χ4v) is 4.77. The van der Waals surface area contributed by atoms with Crippen molar-refractivity contribution in [1.82, 2.24) is 0 Å². The Balaban J connectivity index is 4.32. The number of hydrogen-bond acceptors (Lipinski definition) is 8. The SMILES string of the molecule is CC/C=C\C[C@H](O)/C=C/C=C\C/C=C\C=C\[C@H](O)/C=C\CCCC(=O)O[C@H](COC(=O)CCCCCCCCCC(C)C)COP(=O)(O)O. The quantitative estimate of drug-likeness (QED) is 0.0188. The first-order valence-corrected chi connectivity index (χ1v) is 19.4. The number of aliphatic hydroxyl groups is 2. The third-order valence-electron chi connectivity index (χ3n) is 7.09. The van der Waals surface area contributed by atoms with Crippen molar-refractivity contribution in [3.05, 3.63) is 72.9 Å². The Bertz CT molecular complexity index is 1070. The first-order valence-electron chi connectivity index (χ1n) is 17.8. The van der Waals surface area contributed by atoms with E-state index in [9.17, 15) is 24.4 Å². The monoisotopic (exact) mass is 710 g/mol. The van der Waals surface area contributed by atoms with Gasteiger partial charge in [-0.25, -0.2) is 4.57 Å². The normalized spacial score (nSPS) is 14.8. The zero-order valence-corrected chi connectivity index (χ0v) is 30.8. The second kappa shape index (κ2) is 31.4. The molecule has 0 spiro atoms. The van der Waals surface area contributed by atoms with Crippen molar-refractivity contribution in [2.75, 3.05) is 13.2 Å². The number of carbonyl (C=O) groups excluding carboxylic acids is 2. The number of allylic oxidation sites excluding steroid dienone is 8. The molecule has 0 saturated carbocycles. The maximum Gasteiger partial charge on any atom is 0.469 e. The predicted molar refractivity (Wildman–Crippen MR) is 195 cm³/mol. The van der Waals surface area contributed by atoms with Gasteiger partial charge >= 0.3 is 19.8 Å². The third kappa shape index (κ3) is 35.1. The van der Waals surface area contributed by atoms with Crippen LogP contribution in [0.2, 0.25) is 0 Å². The van der Waals surface area contributed by atoms with E-state index in [4.69, 9.17) is 19.3 Å². The molecule has 0 heterocycles. The van der Waals surface area contributed by atoms with Crippen molar-refractivity contribution in [2.45, 2.75) is 135 Å². The zero-order valence-electron chi connectivity index (χ0n) is 29.9. The van der Waals surface area contributed by atoms with E-state index in [0.717, 1.165) is 31.6 Å². The number of rotatable bonds is 30. The van der Waals surface area contributed by atoms with Crippen LogP contribution in [-0.4, -0.2) is 63.5 Å². The van der Waals surface area contributed by atoms with Crippen LogP contribution in [-0.2, 0) is 28.2 Å². The number of unbranched alkanes of at least 4 members (excludes halogenated alkanes) is 7. The lowest BCUT2D eigenvalue weighted by Crippen LogP contribution is -2.29. The molecule has 0 bridgehead atoms. The molecule has 49 heavy (non-hydrogen) atoms. The minimum Gasteiger partial charge on any atom is -0.462 e. The van der Waals surface area contributed by atoms with Crippen molar-refractivity contribution in [2.24, 2.45) is 5.92 Å². The van der Waals surface area contributed by atoms with Crippen LogP contribution in [0.25, 0.3) is 0 Å². The number of carbonyl (C=O) groups is 2. The lowest BCUT2D eigenvalue weighted by Gasteiger charge is -2.18. The summed E-state index contributed by atoms with van der Waals surface area (Å²) >= 11 is 0. The molecule has 0 aliphatic heterocycles. The Morgan fingerprint density at radius 1 is 0.714 bits per heavy atom. The van der Waals surface area contributed by atoms with Gasteiger partial charge < -0.3 is 29.5 Å². The van der Waals surface area contributed by atoms with Crippen molar-refractivity contribution in [3.8, 4) is 0 Å². The number of phosphoric ester groups is 1. The summed E-state index contributed by atoms with van der Waals surface area (Å²) in [4.78, 5) is 42.6. The summed E-state index contributed by atoms with van der Waals surface area (Å²) in [7, 11) is -4.81. The van der Waals surface area contributed by atoms with Crippen LogP contribution in [0.3, 0.4) is 0 Å². The minimum absolute atomic E-state index is 0.0222. The van der Waals surface area contributed by atoms with Gasteiger partial charge in [-0.05, 0) is 44.4 Å². The highest BCUT2D eigenvalue weighted by Crippen LogP contribution is 2.35. The number of aliphatic hydroxyl groups excluding tert-OH is 2. The Kier molecular flexibility index (Phi) is 29.7. The molecule has 0 aliphatic carbocycles. The van der Waals surface area contributed by atoms with Crippen molar-refractivity contribution >= 4 is 19.8 Å². The Labute approximate surface area is 294 Å². The van der Waals surface area contributed by atoms with Crippen LogP contribution in [0.1, 0.15) is 117 Å². The van der Waals surface area contributed by atoms with Crippen LogP contribution in [0.15, 0.2) is 72.9 Å². The summed E-state index contributed by atoms with van der Waals surface area (Å²) in [6.45, 7) is 5.54. The maximum atomic E-state index is 12.3. The summed E-state index contributed by atoms with van der Waals surface area (Å²) < 4.78 is 26.1. The average Bonchev–Trinajstić information content (AvgIpc) is 3.03. The van der Waals surface area contributed by atoms with Crippen LogP contribution in [0.4, 0.5) is 0 Å². The van der Waals surface area contributed by atoms with Gasteiger partial charge in [0.1, 0.15) is 6.61 Å². The van der Waals surface area contributed by atoms with Gasteiger partial charge in [-0.3, -0.25) is 14.1 Å². The van der Waals surface area contributed by atoms with Gasteiger partial charge in [-0.15, -0.1) is 0 Å². The molecule has 3 atom stereocenters. The highest BCUT2D eigenvalue weighted by atomic mass is 31.2. The van der Waals surface area contributed by atoms with Gasteiger partial charge in [0.15, 0.2) is 6.10 Å². The average molecular weight is 711 g/mol. The van der Waals surface area contributed by atoms with Crippen molar-refractivity contribution in [3.63, 3.8) is 0 Å². The molecule has 0 unspecified atom stereocenters. The minimum atomic E-state index is -4.81. The van der Waals surface area contributed by atoms with Crippen LogP contribution in [0.5, 0.6) is 0 Å². The second-order valence-electron chi connectivity index (χ2n) is 12.3. The summed E-state index contributed by atoms with van der Waals surface area (Å²) in [5.74, 6) is -0.342. The van der Waals surface area contributed by atoms with Crippen LogP contribution in [0, 0.1) is 5.92 Å². The fraction of sp³-hybridized carbons (Fsp3) is 0.632. The molecule has 0 rings (SSSR count). The molecule has 0 aromatic heterocycles. The highest BCUT2D eigenvalue weighted by molar-refractivity contribution is 7.46. The van der Waals surface area contributed by atoms with Gasteiger partial charge in [-0.1, -0.05) is 139 Å². The number of ether oxygens (including phenoxy) is 2. The molecule has 11 heteroatoms. The first kappa shape index (κ1) is 46.4. The summed E-state index contributed by atoms with van der Waals surface area (Å²) in [5, 5.41) is 19.9. The Morgan fingerprint density at radius 2 is 1.35 bits per heavy atom. The van der Waals surface area contributed by atoms with E-state index < -0.39 is 44.7 Å². The van der Waals surface area contributed by atoms with Crippen LogP contribution >= 0.6 is 7.82 Å². The van der Waals surface area contributed by atoms with Gasteiger partial charge in [0.25, 0.3) is 0 Å². The standard InChI is InChI=1S/C38H63O10P/c1-4-5-17-25-34(39)26-19-13-9-7-10-14-20-27-35(40)28-21-16-23-30-38(42)48-36(32-47-49(43,44)45)31-46-37(41)29-22-15-11-6-8-12-18-24-33(2)3/h5,9-10,13-14,17,19-21,26-28,33-36,39-40H,4,6-8,11-12,15-16,18,22-25,29-32H2,1-3H3,(H2,43,44,45)/b13-9-,14-10-,17-5-,26-19+,27-20+,28-21-/t34-,35-,36+/m0/s1. The molecule has 4 N–H and O–H groups in total.